The van der Waals surface area contributed by atoms with Crippen molar-refractivity contribution in [3.63, 3.8) is 0 Å². The molecular weight excluding hydrogens is 315 g/mol. The Balaban J connectivity index is 1.49. The van der Waals surface area contributed by atoms with E-state index in [0.29, 0.717) is 11.5 Å². The molecule has 0 amide bonds. The van der Waals surface area contributed by atoms with Gasteiger partial charge in [0.25, 0.3) is 0 Å². The smallest absolute Gasteiger partial charge is 0.314 e. The van der Waals surface area contributed by atoms with E-state index in [1.807, 2.05) is 12.1 Å². The lowest BCUT2D eigenvalue weighted by atomic mass is 9.84. The number of carbonyl (C=O) groups excluding carboxylic acids is 1. The van der Waals surface area contributed by atoms with Crippen LogP contribution in [0.25, 0.3) is 11.1 Å². The third-order valence-corrected chi connectivity index (χ3v) is 5.37. The predicted octanol–water partition coefficient (Wildman–Crippen LogP) is 5.86. The first-order valence-corrected chi connectivity index (χ1v) is 9.32. The lowest BCUT2D eigenvalue weighted by Gasteiger charge is -2.22. The second kappa shape index (κ2) is 6.99. The fourth-order valence-corrected chi connectivity index (χ4v) is 3.68. The van der Waals surface area contributed by atoms with Gasteiger partial charge in [-0.15, -0.1) is 0 Å². The Morgan fingerprint density at radius 1 is 0.920 bits per heavy atom. The molecule has 2 nitrogen and oxygen atoms in total. The van der Waals surface area contributed by atoms with E-state index in [4.69, 9.17) is 4.74 Å². The third kappa shape index (κ3) is 3.76. The van der Waals surface area contributed by atoms with Gasteiger partial charge in [0.2, 0.25) is 0 Å². The normalized spacial score (nSPS) is 18.1. The molecule has 2 aliphatic carbocycles. The lowest BCUT2D eigenvalue weighted by Crippen LogP contribution is -2.09. The minimum Gasteiger partial charge on any atom is -0.426 e. The Morgan fingerprint density at radius 3 is 2.28 bits per heavy atom. The van der Waals surface area contributed by atoms with Crippen LogP contribution in [0.3, 0.4) is 0 Å². The van der Waals surface area contributed by atoms with Crippen molar-refractivity contribution in [1.29, 1.82) is 0 Å². The minimum atomic E-state index is -0.355. The predicted molar refractivity (Wildman–Crippen MR) is 96.0 cm³/mol. The number of hydrogen-bond acceptors (Lipinski definition) is 2. The Hall–Kier alpha value is -2.16. The molecule has 2 fully saturated rings. The van der Waals surface area contributed by atoms with Crippen molar-refractivity contribution in [3.8, 4) is 16.9 Å². The topological polar surface area (TPSA) is 26.3 Å². The van der Waals surface area contributed by atoms with Crippen LogP contribution in [0.2, 0.25) is 0 Å². The van der Waals surface area contributed by atoms with Crippen LogP contribution in [-0.4, -0.2) is 5.97 Å². The Bertz CT molecular complexity index is 756. The summed E-state index contributed by atoms with van der Waals surface area (Å²) in [4.78, 5) is 11.7. The molecule has 0 bridgehead atoms. The van der Waals surface area contributed by atoms with Gasteiger partial charge in [-0.2, -0.15) is 0 Å². The van der Waals surface area contributed by atoms with E-state index in [1.54, 1.807) is 12.1 Å². The van der Waals surface area contributed by atoms with E-state index in [0.717, 1.165) is 18.4 Å². The fraction of sp³-hybridized carbons (Fsp3) is 0.409. The number of hydrogen-bond donors (Lipinski definition) is 0. The molecule has 25 heavy (non-hydrogen) atoms. The number of esters is 1. The summed E-state index contributed by atoms with van der Waals surface area (Å²) in [5, 5.41) is 0. The van der Waals surface area contributed by atoms with Crippen molar-refractivity contribution in [1.82, 2.24) is 0 Å². The molecular formula is C22H23FO2. The maximum atomic E-state index is 14.5. The summed E-state index contributed by atoms with van der Waals surface area (Å²) in [6, 6.07) is 12.9. The number of ether oxygens (including phenoxy) is 1. The first-order valence-electron chi connectivity index (χ1n) is 9.32. The highest BCUT2D eigenvalue weighted by molar-refractivity contribution is 5.77. The first-order chi connectivity index (χ1) is 12.2. The van der Waals surface area contributed by atoms with Crippen molar-refractivity contribution in [2.75, 3.05) is 0 Å². The third-order valence-electron chi connectivity index (χ3n) is 5.37. The highest BCUT2D eigenvalue weighted by Gasteiger charge is 2.31. The van der Waals surface area contributed by atoms with Gasteiger partial charge in [-0.1, -0.05) is 43.5 Å². The van der Waals surface area contributed by atoms with E-state index < -0.39 is 0 Å². The molecule has 0 saturated heterocycles. The summed E-state index contributed by atoms with van der Waals surface area (Å²) in [5.41, 5.74) is 2.76. The van der Waals surface area contributed by atoms with E-state index in [2.05, 4.69) is 12.1 Å². The van der Waals surface area contributed by atoms with E-state index >= 15 is 0 Å². The zero-order chi connectivity index (χ0) is 17.2. The molecule has 0 radical (unpaired) electrons. The standard InChI is InChI=1S/C22H23FO2/c23-21-14-19(25-22(24)18-10-11-18)12-13-20(21)17-8-6-16(7-9-17)15-4-2-1-3-5-15/h6-9,12-15,18H,1-5,10-11H2. The number of carbonyl (C=O) groups is 1. The molecule has 0 spiro atoms. The van der Waals surface area contributed by atoms with E-state index in [9.17, 15) is 9.18 Å². The quantitative estimate of drug-likeness (QED) is 0.516. The molecule has 2 aromatic rings. The average Bonchev–Trinajstić information content (AvgIpc) is 3.48. The molecule has 3 heteroatoms. The molecule has 4 rings (SSSR count). The molecule has 0 atom stereocenters. The van der Waals surface area contributed by atoms with Crippen LogP contribution in [0.15, 0.2) is 42.5 Å². The SMILES string of the molecule is O=C(Oc1ccc(-c2ccc(C3CCCCC3)cc2)c(F)c1)C1CC1. The summed E-state index contributed by atoms with van der Waals surface area (Å²) in [5.74, 6) is 0.347. The van der Waals surface area contributed by atoms with E-state index in [1.165, 1.54) is 43.7 Å². The van der Waals surface area contributed by atoms with Gasteiger partial charge >= 0.3 is 5.97 Å². The summed E-state index contributed by atoms with van der Waals surface area (Å²) in [7, 11) is 0. The fourth-order valence-electron chi connectivity index (χ4n) is 3.68. The molecule has 0 N–H and O–H groups in total. The van der Waals surface area contributed by atoms with Crippen LogP contribution in [-0.2, 0) is 4.79 Å². The highest BCUT2D eigenvalue weighted by Crippen LogP contribution is 2.35. The number of halogens is 1. The molecule has 0 heterocycles. The van der Waals surface area contributed by atoms with Gasteiger partial charge in [-0.25, -0.2) is 4.39 Å². The second-order valence-corrected chi connectivity index (χ2v) is 7.29. The van der Waals surface area contributed by atoms with Gasteiger partial charge in [0.05, 0.1) is 5.92 Å². The monoisotopic (exact) mass is 338 g/mol. The Kier molecular flexibility index (Phi) is 4.56. The average molecular weight is 338 g/mol. The van der Waals surface area contributed by atoms with E-state index in [-0.39, 0.29) is 23.5 Å². The van der Waals surface area contributed by atoms with Crippen LogP contribution >= 0.6 is 0 Å². The van der Waals surface area contributed by atoms with Gasteiger partial charge < -0.3 is 4.74 Å². The maximum Gasteiger partial charge on any atom is 0.314 e. The van der Waals surface area contributed by atoms with Gasteiger partial charge in [-0.05, 0) is 54.9 Å². The van der Waals surface area contributed by atoms with Crippen LogP contribution in [0, 0.1) is 11.7 Å². The summed E-state index contributed by atoms with van der Waals surface area (Å²) in [6.07, 6.45) is 8.24. The Morgan fingerprint density at radius 2 is 1.64 bits per heavy atom. The number of benzene rings is 2. The molecule has 130 valence electrons. The number of rotatable bonds is 4. The maximum absolute atomic E-state index is 14.5. The molecule has 0 aromatic heterocycles. The zero-order valence-corrected chi connectivity index (χ0v) is 14.3. The first kappa shape index (κ1) is 16.3. The van der Waals surface area contributed by atoms with Gasteiger partial charge in [0.1, 0.15) is 11.6 Å². The van der Waals surface area contributed by atoms with Gasteiger partial charge in [0, 0.05) is 11.6 Å². The molecule has 2 saturated carbocycles. The molecule has 2 aliphatic rings. The summed E-state index contributed by atoms with van der Waals surface area (Å²) < 4.78 is 19.7. The zero-order valence-electron chi connectivity index (χ0n) is 14.3. The van der Waals surface area contributed by atoms with Crippen molar-refractivity contribution < 1.29 is 13.9 Å². The molecule has 2 aromatic carbocycles. The van der Waals surface area contributed by atoms with Gasteiger partial charge in [0.15, 0.2) is 0 Å². The minimum absolute atomic E-state index is 0.00932. The van der Waals surface area contributed by atoms with Crippen molar-refractivity contribution >= 4 is 5.97 Å². The van der Waals surface area contributed by atoms with Crippen LogP contribution < -0.4 is 4.74 Å². The van der Waals surface area contributed by atoms with Crippen LogP contribution in [0.1, 0.15) is 56.4 Å². The van der Waals surface area contributed by atoms with Gasteiger partial charge in [-0.3, -0.25) is 4.79 Å². The Labute approximate surface area is 148 Å². The van der Waals surface area contributed by atoms with Crippen molar-refractivity contribution in [2.45, 2.75) is 50.9 Å². The summed E-state index contributed by atoms with van der Waals surface area (Å²) >= 11 is 0. The second-order valence-electron chi connectivity index (χ2n) is 7.29. The largest absolute Gasteiger partial charge is 0.426 e. The molecule has 0 unspecified atom stereocenters. The van der Waals surface area contributed by atoms with Crippen LogP contribution in [0.4, 0.5) is 4.39 Å². The highest BCUT2D eigenvalue weighted by atomic mass is 19.1. The molecule has 0 aliphatic heterocycles. The van der Waals surface area contributed by atoms with Crippen molar-refractivity contribution in [3.05, 3.63) is 53.8 Å². The lowest BCUT2D eigenvalue weighted by molar-refractivity contribution is -0.135. The van der Waals surface area contributed by atoms with Crippen molar-refractivity contribution in [2.24, 2.45) is 5.92 Å². The van der Waals surface area contributed by atoms with Crippen LogP contribution in [0.5, 0.6) is 5.75 Å². The summed E-state index contributed by atoms with van der Waals surface area (Å²) in [6.45, 7) is 0.